The fraction of sp³-hybridized carbons (Fsp3) is 0.310. The smallest absolute Gasteiger partial charge is 0.264 e. The molecular formula is C29H33ClFN3O4S. The zero-order valence-corrected chi connectivity index (χ0v) is 23.8. The van der Waals surface area contributed by atoms with Crippen LogP contribution in [0.3, 0.4) is 0 Å². The van der Waals surface area contributed by atoms with Crippen molar-refractivity contribution in [2.75, 3.05) is 17.4 Å². The Kier molecular flexibility index (Phi) is 10.5. The van der Waals surface area contributed by atoms with Crippen LogP contribution in [0.15, 0.2) is 77.7 Å². The van der Waals surface area contributed by atoms with Crippen molar-refractivity contribution in [2.45, 2.75) is 51.1 Å². The zero-order chi connectivity index (χ0) is 28.6. The van der Waals surface area contributed by atoms with E-state index in [1.54, 1.807) is 44.2 Å². The molecule has 0 bridgehead atoms. The lowest BCUT2D eigenvalue weighted by molar-refractivity contribution is -0.139. The van der Waals surface area contributed by atoms with Crippen LogP contribution < -0.4 is 9.62 Å². The molecule has 0 aliphatic carbocycles. The molecule has 0 heterocycles. The molecule has 0 unspecified atom stereocenters. The van der Waals surface area contributed by atoms with Crippen LogP contribution in [0, 0.1) is 12.7 Å². The summed E-state index contributed by atoms with van der Waals surface area (Å²) in [5, 5.41) is 3.17. The van der Waals surface area contributed by atoms with Gasteiger partial charge in [-0.15, -0.1) is 0 Å². The number of carbonyl (C=O) groups excluding carboxylic acids is 2. The third-order valence-corrected chi connectivity index (χ3v) is 8.39. The lowest BCUT2D eigenvalue weighted by atomic mass is 10.1. The van der Waals surface area contributed by atoms with E-state index in [2.05, 4.69) is 5.32 Å². The number of nitrogens with one attached hydrogen (secondary N) is 1. The number of hydrogen-bond donors (Lipinski definition) is 1. The number of unbranched alkanes of at least 4 members (excludes halogenated alkanes) is 1. The molecule has 0 saturated heterocycles. The molecule has 2 amide bonds. The standard InChI is InChI=1S/C29H33ClFN3O4S/c1-4-5-18-32-29(36)22(3)33(19-23-11-7-8-12-26(23)31)28(35)20-34(27-13-9-6-10-21(27)2)39(37,38)25-16-14-24(30)15-17-25/h6-17,22H,4-5,18-20H2,1-3H3,(H,32,36)/t22-/m1/s1. The fourth-order valence-electron chi connectivity index (χ4n) is 4.02. The van der Waals surface area contributed by atoms with Crippen molar-refractivity contribution in [3.63, 3.8) is 0 Å². The predicted molar refractivity (Wildman–Crippen MR) is 151 cm³/mol. The van der Waals surface area contributed by atoms with Gasteiger partial charge in [-0.05, 0) is 62.2 Å². The Morgan fingerprint density at radius 1 is 1.00 bits per heavy atom. The molecule has 10 heteroatoms. The van der Waals surface area contributed by atoms with E-state index >= 15 is 0 Å². The number of sulfonamides is 1. The van der Waals surface area contributed by atoms with E-state index in [0.717, 1.165) is 17.1 Å². The molecule has 0 aliphatic rings. The number of halogens is 2. The Morgan fingerprint density at radius 3 is 2.28 bits per heavy atom. The molecule has 0 radical (unpaired) electrons. The number of anilines is 1. The molecule has 0 spiro atoms. The van der Waals surface area contributed by atoms with Crippen LogP contribution in [0.25, 0.3) is 0 Å². The lowest BCUT2D eigenvalue weighted by Gasteiger charge is -2.32. The Morgan fingerprint density at radius 2 is 1.64 bits per heavy atom. The van der Waals surface area contributed by atoms with Crippen LogP contribution in [0.1, 0.15) is 37.8 Å². The van der Waals surface area contributed by atoms with Gasteiger partial charge >= 0.3 is 0 Å². The number of amides is 2. The largest absolute Gasteiger partial charge is 0.354 e. The predicted octanol–water partition coefficient (Wildman–Crippen LogP) is 5.32. The zero-order valence-electron chi connectivity index (χ0n) is 22.2. The number of nitrogens with zero attached hydrogens (tertiary/aromatic N) is 2. The average molecular weight is 574 g/mol. The van der Waals surface area contributed by atoms with Gasteiger partial charge in [-0.3, -0.25) is 13.9 Å². The van der Waals surface area contributed by atoms with Crippen molar-refractivity contribution in [3.05, 3.63) is 94.8 Å². The van der Waals surface area contributed by atoms with Gasteiger partial charge in [-0.25, -0.2) is 12.8 Å². The molecule has 208 valence electrons. The van der Waals surface area contributed by atoms with Gasteiger partial charge in [-0.2, -0.15) is 0 Å². The topological polar surface area (TPSA) is 86.8 Å². The van der Waals surface area contributed by atoms with E-state index in [0.29, 0.717) is 22.8 Å². The maximum absolute atomic E-state index is 14.6. The van der Waals surface area contributed by atoms with Crippen LogP contribution in [0.4, 0.5) is 10.1 Å². The monoisotopic (exact) mass is 573 g/mol. The van der Waals surface area contributed by atoms with E-state index in [1.165, 1.54) is 47.4 Å². The van der Waals surface area contributed by atoms with Crippen molar-refractivity contribution >= 4 is 39.1 Å². The van der Waals surface area contributed by atoms with Gasteiger partial charge in [0.1, 0.15) is 18.4 Å². The first-order chi connectivity index (χ1) is 18.6. The summed E-state index contributed by atoms with van der Waals surface area (Å²) in [4.78, 5) is 28.0. The first-order valence-electron chi connectivity index (χ1n) is 12.7. The summed E-state index contributed by atoms with van der Waals surface area (Å²) in [6, 6.07) is 17.4. The second kappa shape index (κ2) is 13.6. The highest BCUT2D eigenvalue weighted by Gasteiger charge is 2.33. The molecule has 39 heavy (non-hydrogen) atoms. The maximum Gasteiger partial charge on any atom is 0.264 e. The first kappa shape index (κ1) is 30.1. The molecule has 3 aromatic carbocycles. The van der Waals surface area contributed by atoms with E-state index in [-0.39, 0.29) is 17.0 Å². The van der Waals surface area contributed by atoms with Gasteiger partial charge in [0.2, 0.25) is 11.8 Å². The summed E-state index contributed by atoms with van der Waals surface area (Å²) in [6.45, 7) is 4.90. The minimum Gasteiger partial charge on any atom is -0.354 e. The van der Waals surface area contributed by atoms with Crippen LogP contribution in [-0.2, 0) is 26.2 Å². The molecule has 0 aliphatic heterocycles. The van der Waals surface area contributed by atoms with Crippen LogP contribution in [-0.4, -0.2) is 44.3 Å². The number of para-hydroxylation sites is 1. The van der Waals surface area contributed by atoms with E-state index in [9.17, 15) is 22.4 Å². The third-order valence-electron chi connectivity index (χ3n) is 6.36. The molecule has 3 aromatic rings. The van der Waals surface area contributed by atoms with Gasteiger partial charge < -0.3 is 10.2 Å². The number of carbonyl (C=O) groups is 2. The van der Waals surface area contributed by atoms with Gasteiger partial charge in [0.05, 0.1) is 10.6 Å². The summed E-state index contributed by atoms with van der Waals surface area (Å²) < 4.78 is 43.2. The van der Waals surface area contributed by atoms with Gasteiger partial charge in [0, 0.05) is 23.7 Å². The second-order valence-corrected chi connectivity index (χ2v) is 11.5. The molecule has 7 nitrogen and oxygen atoms in total. The second-order valence-electron chi connectivity index (χ2n) is 9.19. The molecule has 1 atom stereocenters. The summed E-state index contributed by atoms with van der Waals surface area (Å²) >= 11 is 5.97. The fourth-order valence-corrected chi connectivity index (χ4v) is 5.62. The highest BCUT2D eigenvalue weighted by molar-refractivity contribution is 7.92. The molecular weight excluding hydrogens is 541 g/mol. The number of aryl methyl sites for hydroxylation is 1. The highest BCUT2D eigenvalue weighted by Crippen LogP contribution is 2.28. The molecule has 1 N–H and O–H groups in total. The summed E-state index contributed by atoms with van der Waals surface area (Å²) in [7, 11) is -4.21. The summed E-state index contributed by atoms with van der Waals surface area (Å²) in [6.07, 6.45) is 1.64. The minimum absolute atomic E-state index is 0.0473. The van der Waals surface area contributed by atoms with Crippen LogP contribution in [0.2, 0.25) is 5.02 Å². The molecule has 3 rings (SSSR count). The quantitative estimate of drug-likeness (QED) is 0.297. The van der Waals surface area contributed by atoms with Crippen molar-refractivity contribution in [3.8, 4) is 0 Å². The number of benzene rings is 3. The number of hydrogen-bond acceptors (Lipinski definition) is 4. The van der Waals surface area contributed by atoms with Gasteiger partial charge in [0.15, 0.2) is 0 Å². The van der Waals surface area contributed by atoms with Crippen LogP contribution in [0.5, 0.6) is 0 Å². The van der Waals surface area contributed by atoms with Crippen molar-refractivity contribution < 1.29 is 22.4 Å². The van der Waals surface area contributed by atoms with Crippen LogP contribution >= 0.6 is 11.6 Å². The van der Waals surface area contributed by atoms with Crippen molar-refractivity contribution in [1.82, 2.24) is 10.2 Å². The summed E-state index contributed by atoms with van der Waals surface area (Å²) in [5.41, 5.74) is 1.16. The average Bonchev–Trinajstić information content (AvgIpc) is 2.91. The van der Waals surface area contributed by atoms with Crippen molar-refractivity contribution in [2.24, 2.45) is 0 Å². The molecule has 0 fully saturated rings. The molecule has 0 aromatic heterocycles. The maximum atomic E-state index is 14.6. The van der Waals surface area contributed by atoms with Gasteiger partial charge in [-0.1, -0.05) is 61.3 Å². The Balaban J connectivity index is 2.02. The first-order valence-corrected chi connectivity index (χ1v) is 14.5. The lowest BCUT2D eigenvalue weighted by Crippen LogP contribution is -2.51. The van der Waals surface area contributed by atoms with E-state index in [1.807, 2.05) is 6.92 Å². The number of rotatable bonds is 12. The SMILES string of the molecule is CCCCNC(=O)[C@@H](C)N(Cc1ccccc1F)C(=O)CN(c1ccccc1C)S(=O)(=O)c1ccc(Cl)cc1. The minimum atomic E-state index is -4.21. The molecule has 0 saturated carbocycles. The Bertz CT molecular complexity index is 1400. The Labute approximate surface area is 234 Å². The normalized spacial score (nSPS) is 12.0. The van der Waals surface area contributed by atoms with E-state index < -0.39 is 40.2 Å². The highest BCUT2D eigenvalue weighted by atomic mass is 35.5. The van der Waals surface area contributed by atoms with Gasteiger partial charge in [0.25, 0.3) is 10.0 Å². The van der Waals surface area contributed by atoms with Crippen molar-refractivity contribution in [1.29, 1.82) is 0 Å². The van der Waals surface area contributed by atoms with E-state index in [4.69, 9.17) is 11.6 Å². The Hall–Kier alpha value is -3.43. The summed E-state index contributed by atoms with van der Waals surface area (Å²) in [5.74, 6) is -1.59. The third kappa shape index (κ3) is 7.58.